The Morgan fingerprint density at radius 3 is 2.78 bits per heavy atom. The van der Waals surface area contributed by atoms with Gasteiger partial charge in [0.2, 0.25) is 15.9 Å². The molecule has 1 saturated heterocycles. The van der Waals surface area contributed by atoms with E-state index < -0.39 is 10.0 Å². The van der Waals surface area contributed by atoms with Crippen LogP contribution in [0.25, 0.3) is 0 Å². The molecule has 0 saturated carbocycles. The molecule has 1 aliphatic rings. The SMILES string of the molecule is Cc1cccc(S(=O)(=O)N2CCNC(=O)CC2)c1. The summed E-state index contributed by atoms with van der Waals surface area (Å²) in [5, 5.41) is 2.66. The Morgan fingerprint density at radius 2 is 2.06 bits per heavy atom. The van der Waals surface area contributed by atoms with Gasteiger partial charge in [-0.25, -0.2) is 8.42 Å². The van der Waals surface area contributed by atoms with Gasteiger partial charge in [0.15, 0.2) is 0 Å². The molecule has 18 heavy (non-hydrogen) atoms. The van der Waals surface area contributed by atoms with Crippen molar-refractivity contribution in [3.05, 3.63) is 29.8 Å². The number of aryl methyl sites for hydroxylation is 1. The van der Waals surface area contributed by atoms with Gasteiger partial charge in [-0.3, -0.25) is 4.79 Å². The molecule has 1 fully saturated rings. The molecule has 5 nitrogen and oxygen atoms in total. The second-order valence-electron chi connectivity index (χ2n) is 4.32. The number of nitrogens with one attached hydrogen (secondary N) is 1. The van der Waals surface area contributed by atoms with Crippen molar-refractivity contribution >= 4 is 15.9 Å². The number of benzene rings is 1. The van der Waals surface area contributed by atoms with Crippen LogP contribution in [0.2, 0.25) is 0 Å². The van der Waals surface area contributed by atoms with E-state index in [0.717, 1.165) is 5.56 Å². The number of nitrogens with zero attached hydrogens (tertiary/aromatic N) is 1. The standard InChI is InChI=1S/C12H16N2O3S/c1-10-3-2-4-11(9-10)18(16,17)14-7-5-12(15)13-6-8-14/h2-4,9H,5-8H2,1H3,(H,13,15). The summed E-state index contributed by atoms with van der Waals surface area (Å²) in [6, 6.07) is 6.81. The van der Waals surface area contributed by atoms with Gasteiger partial charge < -0.3 is 5.32 Å². The number of carbonyl (C=O) groups excluding carboxylic acids is 1. The molecule has 6 heteroatoms. The first-order valence-corrected chi connectivity index (χ1v) is 7.28. The molecule has 0 atom stereocenters. The van der Waals surface area contributed by atoms with Gasteiger partial charge in [-0.15, -0.1) is 0 Å². The minimum Gasteiger partial charge on any atom is -0.355 e. The first-order chi connectivity index (χ1) is 8.50. The summed E-state index contributed by atoms with van der Waals surface area (Å²) in [5.41, 5.74) is 0.903. The van der Waals surface area contributed by atoms with Gasteiger partial charge in [0.1, 0.15) is 0 Å². The van der Waals surface area contributed by atoms with E-state index in [0.29, 0.717) is 13.1 Å². The Morgan fingerprint density at radius 1 is 1.28 bits per heavy atom. The highest BCUT2D eigenvalue weighted by Gasteiger charge is 2.26. The number of hydrogen-bond donors (Lipinski definition) is 1. The van der Waals surface area contributed by atoms with Crippen molar-refractivity contribution in [2.24, 2.45) is 0 Å². The second kappa shape index (κ2) is 5.07. The quantitative estimate of drug-likeness (QED) is 0.849. The van der Waals surface area contributed by atoms with Gasteiger partial charge in [-0.1, -0.05) is 12.1 Å². The maximum Gasteiger partial charge on any atom is 0.243 e. The Balaban J connectivity index is 2.28. The Hall–Kier alpha value is -1.40. The van der Waals surface area contributed by atoms with Crippen LogP contribution in [0.3, 0.4) is 0 Å². The maximum absolute atomic E-state index is 12.4. The Bertz CT molecular complexity index is 554. The molecule has 1 N–H and O–H groups in total. The first kappa shape index (κ1) is 13.0. The molecule has 0 aliphatic carbocycles. The molecular formula is C12H16N2O3S. The van der Waals surface area contributed by atoms with Crippen LogP contribution < -0.4 is 5.32 Å². The lowest BCUT2D eigenvalue weighted by Gasteiger charge is -2.19. The Labute approximate surface area is 107 Å². The van der Waals surface area contributed by atoms with Gasteiger partial charge in [-0.05, 0) is 24.6 Å². The summed E-state index contributed by atoms with van der Waals surface area (Å²) in [7, 11) is -3.49. The lowest BCUT2D eigenvalue weighted by atomic mass is 10.2. The molecule has 0 radical (unpaired) electrons. The van der Waals surface area contributed by atoms with Crippen LogP contribution in [0.1, 0.15) is 12.0 Å². The summed E-state index contributed by atoms with van der Waals surface area (Å²) < 4.78 is 26.1. The van der Waals surface area contributed by atoms with Gasteiger partial charge in [0, 0.05) is 26.1 Å². The molecule has 98 valence electrons. The fraction of sp³-hybridized carbons (Fsp3) is 0.417. The molecule has 1 amide bonds. The van der Waals surface area contributed by atoms with E-state index in [1.807, 2.05) is 13.0 Å². The summed E-state index contributed by atoms with van der Waals surface area (Å²) in [5.74, 6) is -0.100. The van der Waals surface area contributed by atoms with Crippen molar-refractivity contribution in [1.29, 1.82) is 0 Å². The van der Waals surface area contributed by atoms with Crippen molar-refractivity contribution in [3.8, 4) is 0 Å². The van der Waals surface area contributed by atoms with Gasteiger partial charge in [0.25, 0.3) is 0 Å². The van der Waals surface area contributed by atoms with Crippen LogP contribution in [0.5, 0.6) is 0 Å². The van der Waals surface area contributed by atoms with Crippen LogP contribution in [0, 0.1) is 6.92 Å². The zero-order valence-corrected chi connectivity index (χ0v) is 11.0. The highest BCUT2D eigenvalue weighted by molar-refractivity contribution is 7.89. The fourth-order valence-electron chi connectivity index (χ4n) is 1.91. The third kappa shape index (κ3) is 2.70. The number of amides is 1. The highest BCUT2D eigenvalue weighted by Crippen LogP contribution is 2.17. The molecule has 1 aromatic rings. The molecule has 1 aromatic carbocycles. The first-order valence-electron chi connectivity index (χ1n) is 5.84. The van der Waals surface area contributed by atoms with E-state index in [1.165, 1.54) is 4.31 Å². The average molecular weight is 268 g/mol. The maximum atomic E-state index is 12.4. The van der Waals surface area contributed by atoms with E-state index in [2.05, 4.69) is 5.32 Å². The molecule has 0 aromatic heterocycles. The van der Waals surface area contributed by atoms with Crippen molar-refractivity contribution in [1.82, 2.24) is 9.62 Å². The highest BCUT2D eigenvalue weighted by atomic mass is 32.2. The molecule has 1 heterocycles. The van der Waals surface area contributed by atoms with Crippen LogP contribution in [-0.2, 0) is 14.8 Å². The second-order valence-corrected chi connectivity index (χ2v) is 6.26. The predicted molar refractivity (Wildman–Crippen MR) is 67.6 cm³/mol. The normalized spacial score (nSPS) is 18.2. The molecule has 2 rings (SSSR count). The fourth-order valence-corrected chi connectivity index (χ4v) is 3.46. The van der Waals surface area contributed by atoms with E-state index >= 15 is 0 Å². The smallest absolute Gasteiger partial charge is 0.243 e. The minimum absolute atomic E-state index is 0.100. The molecular weight excluding hydrogens is 252 g/mol. The average Bonchev–Trinajstić information content (AvgIpc) is 2.54. The molecule has 1 aliphatic heterocycles. The molecule has 0 unspecified atom stereocenters. The number of sulfonamides is 1. The van der Waals surface area contributed by atoms with Gasteiger partial charge in [-0.2, -0.15) is 4.31 Å². The van der Waals surface area contributed by atoms with Crippen molar-refractivity contribution in [2.75, 3.05) is 19.6 Å². The Kier molecular flexibility index (Phi) is 3.68. The number of rotatable bonds is 2. The lowest BCUT2D eigenvalue weighted by molar-refractivity contribution is -0.120. The van der Waals surface area contributed by atoms with Crippen LogP contribution >= 0.6 is 0 Å². The predicted octanol–water partition coefficient (Wildman–Crippen LogP) is 0.506. The van der Waals surface area contributed by atoms with E-state index in [1.54, 1.807) is 18.2 Å². The summed E-state index contributed by atoms with van der Waals surface area (Å²) in [6.07, 6.45) is 0.213. The summed E-state index contributed by atoms with van der Waals surface area (Å²) in [6.45, 7) is 2.78. The zero-order valence-electron chi connectivity index (χ0n) is 10.2. The number of carbonyl (C=O) groups is 1. The van der Waals surface area contributed by atoms with Crippen molar-refractivity contribution in [3.63, 3.8) is 0 Å². The van der Waals surface area contributed by atoms with Crippen molar-refractivity contribution < 1.29 is 13.2 Å². The van der Waals surface area contributed by atoms with Crippen LogP contribution in [0.4, 0.5) is 0 Å². The van der Waals surface area contributed by atoms with Crippen molar-refractivity contribution in [2.45, 2.75) is 18.2 Å². The largest absolute Gasteiger partial charge is 0.355 e. The third-order valence-corrected chi connectivity index (χ3v) is 4.79. The minimum atomic E-state index is -3.49. The van der Waals surface area contributed by atoms with Gasteiger partial charge >= 0.3 is 0 Å². The molecule has 0 bridgehead atoms. The summed E-state index contributed by atoms with van der Waals surface area (Å²) in [4.78, 5) is 11.5. The third-order valence-electron chi connectivity index (χ3n) is 2.90. The monoisotopic (exact) mass is 268 g/mol. The molecule has 0 spiro atoms. The zero-order chi connectivity index (χ0) is 13.2. The lowest BCUT2D eigenvalue weighted by Crippen LogP contribution is -2.34. The van der Waals surface area contributed by atoms with Crippen LogP contribution in [0.15, 0.2) is 29.2 Å². The van der Waals surface area contributed by atoms with Crippen LogP contribution in [-0.4, -0.2) is 38.3 Å². The van der Waals surface area contributed by atoms with E-state index in [-0.39, 0.29) is 23.8 Å². The van der Waals surface area contributed by atoms with E-state index in [4.69, 9.17) is 0 Å². The van der Waals surface area contributed by atoms with Gasteiger partial charge in [0.05, 0.1) is 4.90 Å². The number of hydrogen-bond acceptors (Lipinski definition) is 3. The topological polar surface area (TPSA) is 66.5 Å². The summed E-state index contributed by atoms with van der Waals surface area (Å²) >= 11 is 0. The van der Waals surface area contributed by atoms with E-state index in [9.17, 15) is 13.2 Å².